The van der Waals surface area contributed by atoms with Gasteiger partial charge in [-0.25, -0.2) is 4.98 Å². The van der Waals surface area contributed by atoms with Gasteiger partial charge in [0, 0.05) is 12.3 Å². The zero-order chi connectivity index (χ0) is 12.7. The van der Waals surface area contributed by atoms with Crippen LogP contribution in [0.4, 0.5) is 11.5 Å². The van der Waals surface area contributed by atoms with Gasteiger partial charge in [-0.3, -0.25) is 10.1 Å². The van der Waals surface area contributed by atoms with Gasteiger partial charge in [-0.2, -0.15) is 0 Å². The van der Waals surface area contributed by atoms with Crippen LogP contribution in [0.2, 0.25) is 5.15 Å². The number of thioether (sulfide) groups is 1. The van der Waals surface area contributed by atoms with Crippen molar-refractivity contribution in [3.05, 3.63) is 27.4 Å². The molecule has 0 aliphatic carbocycles. The first-order chi connectivity index (χ1) is 8.13. The number of aromatic nitrogens is 1. The zero-order valence-electron chi connectivity index (χ0n) is 8.85. The highest BCUT2D eigenvalue weighted by atomic mass is 35.5. The van der Waals surface area contributed by atoms with Crippen LogP contribution in [-0.4, -0.2) is 28.0 Å². The molecule has 1 N–H and O–H groups in total. The van der Waals surface area contributed by atoms with Gasteiger partial charge in [0.25, 0.3) is 5.69 Å². The van der Waals surface area contributed by atoms with Crippen LogP contribution in [0.3, 0.4) is 0 Å². The largest absolute Gasteiger partial charge is 0.369 e. The molecule has 0 spiro atoms. The number of anilines is 1. The fourth-order valence-electron chi connectivity index (χ4n) is 1.06. The van der Waals surface area contributed by atoms with Gasteiger partial charge in [0.2, 0.25) is 0 Å². The summed E-state index contributed by atoms with van der Waals surface area (Å²) in [5.74, 6) is 4.34. The Hall–Kier alpha value is -1.45. The maximum Gasteiger partial charge on any atom is 0.276 e. The fourth-order valence-corrected chi connectivity index (χ4v) is 1.77. The van der Waals surface area contributed by atoms with E-state index >= 15 is 0 Å². The van der Waals surface area contributed by atoms with Crippen LogP contribution in [0.1, 0.15) is 0 Å². The van der Waals surface area contributed by atoms with Crippen molar-refractivity contribution in [1.82, 2.24) is 4.98 Å². The van der Waals surface area contributed by atoms with E-state index in [0.29, 0.717) is 18.1 Å². The molecule has 7 heteroatoms. The zero-order valence-corrected chi connectivity index (χ0v) is 10.4. The number of nitro groups is 1. The lowest BCUT2D eigenvalue weighted by Crippen LogP contribution is -2.06. The maximum absolute atomic E-state index is 10.6. The van der Waals surface area contributed by atoms with Crippen LogP contribution in [-0.2, 0) is 0 Å². The molecule has 90 valence electrons. The molecular weight excluding hydrogens is 262 g/mol. The number of terminal acetylenes is 1. The standard InChI is InChI=1S/C10H10ClN3O2S/c1-2-4-17-5-3-12-10-7-8(14(15)16)6-9(11)13-10/h1,6-7H,3-5H2,(H,12,13). The molecule has 0 aliphatic rings. The minimum absolute atomic E-state index is 0.0798. The van der Waals surface area contributed by atoms with E-state index in [-0.39, 0.29) is 10.8 Å². The predicted octanol–water partition coefficient (Wildman–Crippen LogP) is 2.42. The fraction of sp³-hybridized carbons (Fsp3) is 0.300. The summed E-state index contributed by atoms with van der Waals surface area (Å²) in [7, 11) is 0. The topological polar surface area (TPSA) is 68.1 Å². The smallest absolute Gasteiger partial charge is 0.276 e. The van der Waals surface area contributed by atoms with Gasteiger partial charge in [-0.1, -0.05) is 17.5 Å². The van der Waals surface area contributed by atoms with Crippen LogP contribution in [0.25, 0.3) is 0 Å². The minimum Gasteiger partial charge on any atom is -0.369 e. The SMILES string of the molecule is C#CCSCCNc1cc([N+](=O)[O-])cc(Cl)n1. The predicted molar refractivity (Wildman–Crippen MR) is 70.5 cm³/mol. The molecule has 0 unspecified atom stereocenters. The van der Waals surface area contributed by atoms with Gasteiger partial charge in [-0.15, -0.1) is 18.2 Å². The van der Waals surface area contributed by atoms with Crippen molar-refractivity contribution in [2.45, 2.75) is 0 Å². The lowest BCUT2D eigenvalue weighted by Gasteiger charge is -2.04. The highest BCUT2D eigenvalue weighted by molar-refractivity contribution is 7.99. The van der Waals surface area contributed by atoms with Crippen LogP contribution in [0.5, 0.6) is 0 Å². The number of nitrogens with zero attached hydrogens (tertiary/aromatic N) is 2. The third-order valence-electron chi connectivity index (χ3n) is 1.73. The van der Waals surface area contributed by atoms with E-state index in [4.69, 9.17) is 18.0 Å². The Bertz CT molecular complexity index is 448. The highest BCUT2D eigenvalue weighted by Gasteiger charge is 2.09. The van der Waals surface area contributed by atoms with E-state index < -0.39 is 4.92 Å². The van der Waals surface area contributed by atoms with E-state index in [1.807, 2.05) is 0 Å². The summed E-state index contributed by atoms with van der Waals surface area (Å²) in [5.41, 5.74) is -0.0798. The molecule has 0 aromatic carbocycles. The molecule has 0 radical (unpaired) electrons. The monoisotopic (exact) mass is 271 g/mol. The lowest BCUT2D eigenvalue weighted by molar-refractivity contribution is -0.384. The molecule has 1 rings (SSSR count). The molecule has 0 bridgehead atoms. The molecule has 0 amide bonds. The number of nitrogens with one attached hydrogen (secondary N) is 1. The van der Waals surface area contributed by atoms with Gasteiger partial charge in [0.1, 0.15) is 11.0 Å². The van der Waals surface area contributed by atoms with E-state index in [1.165, 1.54) is 12.1 Å². The number of pyridine rings is 1. The second-order valence-electron chi connectivity index (χ2n) is 2.97. The maximum atomic E-state index is 10.6. The highest BCUT2D eigenvalue weighted by Crippen LogP contribution is 2.20. The number of hydrogen-bond acceptors (Lipinski definition) is 5. The van der Waals surface area contributed by atoms with Crippen LogP contribution in [0, 0.1) is 22.5 Å². The summed E-state index contributed by atoms with van der Waals surface area (Å²) in [5, 5.41) is 13.6. The molecule has 0 aliphatic heterocycles. The Morgan fingerprint density at radius 2 is 2.41 bits per heavy atom. The molecule has 17 heavy (non-hydrogen) atoms. The van der Waals surface area contributed by atoms with Gasteiger partial charge in [-0.05, 0) is 0 Å². The summed E-state index contributed by atoms with van der Waals surface area (Å²) >= 11 is 7.26. The van der Waals surface area contributed by atoms with Gasteiger partial charge in [0.15, 0.2) is 0 Å². The van der Waals surface area contributed by atoms with Crippen LogP contribution in [0.15, 0.2) is 12.1 Å². The van der Waals surface area contributed by atoms with Gasteiger partial charge in [0.05, 0.1) is 22.8 Å². The second kappa shape index (κ2) is 6.99. The number of rotatable bonds is 6. The van der Waals surface area contributed by atoms with Gasteiger partial charge < -0.3 is 5.32 Å². The molecule has 0 atom stereocenters. The molecule has 0 saturated carbocycles. The molecule has 1 aromatic heterocycles. The van der Waals surface area contributed by atoms with Crippen molar-refractivity contribution in [3.63, 3.8) is 0 Å². The van der Waals surface area contributed by atoms with E-state index in [2.05, 4.69) is 16.2 Å². The summed E-state index contributed by atoms with van der Waals surface area (Å²) in [6, 6.07) is 2.55. The number of halogens is 1. The third-order valence-corrected chi connectivity index (χ3v) is 2.78. The van der Waals surface area contributed by atoms with Crippen molar-refractivity contribution in [3.8, 4) is 12.3 Å². The Balaban J connectivity index is 2.53. The van der Waals surface area contributed by atoms with Crippen molar-refractivity contribution in [2.75, 3.05) is 23.4 Å². The first kappa shape index (κ1) is 13.6. The van der Waals surface area contributed by atoms with E-state index in [1.54, 1.807) is 11.8 Å². The molecular formula is C10H10ClN3O2S. The number of hydrogen-bond donors (Lipinski definition) is 1. The van der Waals surface area contributed by atoms with Crippen LogP contribution >= 0.6 is 23.4 Å². The Morgan fingerprint density at radius 3 is 3.06 bits per heavy atom. The van der Waals surface area contributed by atoms with Gasteiger partial charge >= 0.3 is 0 Å². The third kappa shape index (κ3) is 4.93. The Morgan fingerprint density at radius 1 is 1.65 bits per heavy atom. The van der Waals surface area contributed by atoms with Crippen molar-refractivity contribution >= 4 is 34.9 Å². The average molecular weight is 272 g/mol. The molecule has 0 saturated heterocycles. The molecule has 5 nitrogen and oxygen atoms in total. The summed E-state index contributed by atoms with van der Waals surface area (Å²) in [6.45, 7) is 0.622. The first-order valence-electron chi connectivity index (χ1n) is 4.70. The Labute approximate surface area is 108 Å². The Kier molecular flexibility index (Phi) is 5.60. The van der Waals surface area contributed by atoms with E-state index in [9.17, 15) is 10.1 Å². The summed E-state index contributed by atoms with van der Waals surface area (Å²) < 4.78 is 0. The van der Waals surface area contributed by atoms with Crippen molar-refractivity contribution < 1.29 is 4.92 Å². The normalized spacial score (nSPS) is 9.65. The molecule has 1 aromatic rings. The minimum atomic E-state index is -0.508. The van der Waals surface area contributed by atoms with Crippen molar-refractivity contribution in [2.24, 2.45) is 0 Å². The quantitative estimate of drug-likeness (QED) is 0.283. The first-order valence-corrected chi connectivity index (χ1v) is 6.24. The summed E-state index contributed by atoms with van der Waals surface area (Å²) in [6.07, 6.45) is 5.10. The van der Waals surface area contributed by atoms with Crippen molar-refractivity contribution in [1.29, 1.82) is 0 Å². The van der Waals surface area contributed by atoms with E-state index in [0.717, 1.165) is 5.75 Å². The second-order valence-corrected chi connectivity index (χ2v) is 4.47. The average Bonchev–Trinajstić information content (AvgIpc) is 2.28. The molecule has 0 fully saturated rings. The molecule has 1 heterocycles. The summed E-state index contributed by atoms with van der Waals surface area (Å²) in [4.78, 5) is 14.0. The lowest BCUT2D eigenvalue weighted by atomic mass is 10.4. The van der Waals surface area contributed by atoms with Crippen LogP contribution < -0.4 is 5.32 Å².